The van der Waals surface area contributed by atoms with Gasteiger partial charge in [0, 0.05) is 38.4 Å². The predicted molar refractivity (Wildman–Crippen MR) is 80.2 cm³/mol. The first kappa shape index (κ1) is 14.8. The van der Waals surface area contributed by atoms with Crippen LogP contribution in [0.15, 0.2) is 23.0 Å². The van der Waals surface area contributed by atoms with Gasteiger partial charge >= 0.3 is 0 Å². The molecule has 0 bridgehead atoms. The second-order valence-electron chi connectivity index (χ2n) is 5.86. The third-order valence-electron chi connectivity index (χ3n) is 3.95. The van der Waals surface area contributed by atoms with Crippen molar-refractivity contribution in [3.8, 4) is 0 Å². The molecule has 1 aliphatic rings. The van der Waals surface area contributed by atoms with Crippen LogP contribution >= 0.6 is 0 Å². The summed E-state index contributed by atoms with van der Waals surface area (Å²) in [6.07, 6.45) is 5.21. The lowest BCUT2D eigenvalue weighted by molar-refractivity contribution is 0.0905. The van der Waals surface area contributed by atoms with Crippen LogP contribution in [-0.2, 0) is 13.6 Å². The van der Waals surface area contributed by atoms with Crippen LogP contribution in [0.3, 0.4) is 0 Å². The summed E-state index contributed by atoms with van der Waals surface area (Å²) in [4.78, 5) is 14.4. The summed E-state index contributed by atoms with van der Waals surface area (Å²) in [5, 5.41) is 11.0. The van der Waals surface area contributed by atoms with Crippen molar-refractivity contribution in [1.82, 2.24) is 25.2 Å². The predicted octanol–water partition coefficient (Wildman–Crippen LogP) is 1.11. The Balaban J connectivity index is 1.46. The molecule has 1 N–H and O–H groups in total. The molecule has 118 valence electrons. The van der Waals surface area contributed by atoms with E-state index in [-0.39, 0.29) is 11.9 Å². The van der Waals surface area contributed by atoms with Gasteiger partial charge in [0.05, 0.1) is 24.0 Å². The zero-order valence-corrected chi connectivity index (χ0v) is 13.0. The first-order chi connectivity index (χ1) is 10.6. The number of likely N-dealkylation sites (tertiary alicyclic amines) is 1. The summed E-state index contributed by atoms with van der Waals surface area (Å²) < 4.78 is 6.88. The Bertz CT molecular complexity index is 640. The lowest BCUT2D eigenvalue weighted by Crippen LogP contribution is -2.44. The number of rotatable bonds is 4. The van der Waals surface area contributed by atoms with E-state index in [1.807, 2.05) is 13.0 Å². The van der Waals surface area contributed by atoms with Gasteiger partial charge in [0.25, 0.3) is 5.91 Å². The van der Waals surface area contributed by atoms with Crippen LogP contribution in [0.25, 0.3) is 0 Å². The first-order valence-corrected chi connectivity index (χ1v) is 7.54. The summed E-state index contributed by atoms with van der Waals surface area (Å²) in [5.41, 5.74) is 1.52. The van der Waals surface area contributed by atoms with E-state index >= 15 is 0 Å². The number of carbonyl (C=O) groups is 1. The maximum Gasteiger partial charge on any atom is 0.254 e. The summed E-state index contributed by atoms with van der Waals surface area (Å²) in [6, 6.07) is 2.19. The summed E-state index contributed by atoms with van der Waals surface area (Å²) in [6.45, 7) is 4.59. The molecule has 1 amide bonds. The standard InChI is InChI=1S/C15H21N5O2/c1-11-7-14(22-18-11)10-20-5-3-13(4-6-20)17-15(21)12-8-16-19(2)9-12/h7-9,13H,3-6,10H2,1-2H3,(H,17,21). The third-order valence-corrected chi connectivity index (χ3v) is 3.95. The minimum atomic E-state index is -0.0441. The average Bonchev–Trinajstić information content (AvgIpc) is 3.10. The Morgan fingerprint density at radius 2 is 2.23 bits per heavy atom. The smallest absolute Gasteiger partial charge is 0.254 e. The molecule has 1 aliphatic heterocycles. The third kappa shape index (κ3) is 3.54. The van der Waals surface area contributed by atoms with Gasteiger partial charge in [0.15, 0.2) is 5.76 Å². The number of amides is 1. The highest BCUT2D eigenvalue weighted by Gasteiger charge is 2.22. The molecular weight excluding hydrogens is 282 g/mol. The van der Waals surface area contributed by atoms with Gasteiger partial charge in [-0.05, 0) is 19.8 Å². The van der Waals surface area contributed by atoms with Gasteiger partial charge in [0.1, 0.15) is 0 Å². The van der Waals surface area contributed by atoms with Gasteiger partial charge in [-0.15, -0.1) is 0 Å². The van der Waals surface area contributed by atoms with Gasteiger partial charge in [0.2, 0.25) is 0 Å². The first-order valence-electron chi connectivity index (χ1n) is 7.54. The van der Waals surface area contributed by atoms with Gasteiger partial charge < -0.3 is 9.84 Å². The lowest BCUT2D eigenvalue weighted by Gasteiger charge is -2.31. The number of nitrogens with one attached hydrogen (secondary N) is 1. The van der Waals surface area contributed by atoms with E-state index in [0.29, 0.717) is 5.56 Å². The Kier molecular flexibility index (Phi) is 4.24. The van der Waals surface area contributed by atoms with Crippen molar-refractivity contribution >= 4 is 5.91 Å². The molecule has 7 nitrogen and oxygen atoms in total. The summed E-state index contributed by atoms with van der Waals surface area (Å²) in [5.74, 6) is 0.854. The normalized spacial score (nSPS) is 16.8. The maximum absolute atomic E-state index is 12.1. The van der Waals surface area contributed by atoms with E-state index in [2.05, 4.69) is 20.5 Å². The molecule has 3 rings (SSSR count). The molecule has 0 atom stereocenters. The fraction of sp³-hybridized carbons (Fsp3) is 0.533. The highest BCUT2D eigenvalue weighted by molar-refractivity contribution is 5.93. The van der Waals surface area contributed by atoms with E-state index in [0.717, 1.165) is 43.9 Å². The van der Waals surface area contributed by atoms with Gasteiger partial charge in [-0.3, -0.25) is 14.4 Å². The molecule has 3 heterocycles. The minimum Gasteiger partial charge on any atom is -0.360 e. The number of hydrogen-bond acceptors (Lipinski definition) is 5. The molecule has 1 fully saturated rings. The molecular formula is C15H21N5O2. The average molecular weight is 303 g/mol. The zero-order valence-electron chi connectivity index (χ0n) is 13.0. The molecule has 7 heteroatoms. The van der Waals surface area contributed by atoms with Crippen LogP contribution in [0.2, 0.25) is 0 Å². The Labute approximate surface area is 129 Å². The Hall–Kier alpha value is -2.15. The van der Waals surface area contributed by atoms with Crippen LogP contribution in [0.5, 0.6) is 0 Å². The van der Waals surface area contributed by atoms with Gasteiger partial charge in [-0.2, -0.15) is 5.10 Å². The Morgan fingerprint density at radius 3 is 2.82 bits per heavy atom. The van der Waals surface area contributed by atoms with Crippen molar-refractivity contribution in [3.05, 3.63) is 35.5 Å². The van der Waals surface area contributed by atoms with Crippen molar-refractivity contribution in [2.75, 3.05) is 13.1 Å². The Morgan fingerprint density at radius 1 is 1.45 bits per heavy atom. The number of carbonyl (C=O) groups excluding carboxylic acids is 1. The van der Waals surface area contributed by atoms with Crippen molar-refractivity contribution in [1.29, 1.82) is 0 Å². The lowest BCUT2D eigenvalue weighted by atomic mass is 10.0. The van der Waals surface area contributed by atoms with Gasteiger partial charge in [-0.25, -0.2) is 0 Å². The molecule has 2 aromatic heterocycles. The summed E-state index contributed by atoms with van der Waals surface area (Å²) >= 11 is 0. The van der Waals surface area contributed by atoms with Gasteiger partial charge in [-0.1, -0.05) is 5.16 Å². The van der Waals surface area contributed by atoms with Crippen LogP contribution in [0.4, 0.5) is 0 Å². The zero-order chi connectivity index (χ0) is 15.5. The van der Waals surface area contributed by atoms with Crippen LogP contribution in [0.1, 0.15) is 34.7 Å². The number of piperidine rings is 1. The van der Waals surface area contributed by atoms with Crippen LogP contribution in [-0.4, -0.2) is 44.9 Å². The quantitative estimate of drug-likeness (QED) is 0.915. The molecule has 22 heavy (non-hydrogen) atoms. The SMILES string of the molecule is Cc1cc(CN2CCC(NC(=O)c3cnn(C)c3)CC2)on1. The van der Waals surface area contributed by atoms with E-state index < -0.39 is 0 Å². The molecule has 0 aliphatic carbocycles. The van der Waals surface area contributed by atoms with E-state index in [9.17, 15) is 4.79 Å². The highest BCUT2D eigenvalue weighted by atomic mass is 16.5. The highest BCUT2D eigenvalue weighted by Crippen LogP contribution is 2.15. The van der Waals surface area contributed by atoms with Crippen molar-refractivity contribution in [3.63, 3.8) is 0 Å². The number of aromatic nitrogens is 3. The van der Waals surface area contributed by atoms with E-state index in [1.54, 1.807) is 24.1 Å². The van der Waals surface area contributed by atoms with E-state index in [1.165, 1.54) is 0 Å². The fourth-order valence-corrected chi connectivity index (χ4v) is 2.75. The molecule has 0 radical (unpaired) electrons. The fourth-order valence-electron chi connectivity index (χ4n) is 2.75. The topological polar surface area (TPSA) is 76.2 Å². The number of aryl methyl sites for hydroxylation is 2. The number of hydrogen-bond donors (Lipinski definition) is 1. The molecule has 0 saturated carbocycles. The largest absolute Gasteiger partial charge is 0.360 e. The van der Waals surface area contributed by atoms with Crippen molar-refractivity contribution in [2.24, 2.45) is 7.05 Å². The molecule has 0 spiro atoms. The van der Waals surface area contributed by atoms with Crippen molar-refractivity contribution in [2.45, 2.75) is 32.4 Å². The molecule has 2 aromatic rings. The van der Waals surface area contributed by atoms with Crippen molar-refractivity contribution < 1.29 is 9.32 Å². The van der Waals surface area contributed by atoms with Crippen LogP contribution < -0.4 is 5.32 Å². The van der Waals surface area contributed by atoms with E-state index in [4.69, 9.17) is 4.52 Å². The molecule has 0 aromatic carbocycles. The maximum atomic E-state index is 12.1. The second-order valence-corrected chi connectivity index (χ2v) is 5.86. The molecule has 1 saturated heterocycles. The second kappa shape index (κ2) is 6.31. The summed E-state index contributed by atoms with van der Waals surface area (Å²) in [7, 11) is 1.81. The minimum absolute atomic E-state index is 0.0441. The molecule has 0 unspecified atom stereocenters. The van der Waals surface area contributed by atoms with Crippen LogP contribution in [0, 0.1) is 6.92 Å². The monoisotopic (exact) mass is 303 g/mol. The number of nitrogens with zero attached hydrogens (tertiary/aromatic N) is 4.